The van der Waals surface area contributed by atoms with Gasteiger partial charge in [0.1, 0.15) is 5.75 Å². The smallest absolute Gasteiger partial charge is 0.329 e. The molecular weight excluding hydrogens is 420 g/mol. The van der Waals surface area contributed by atoms with Gasteiger partial charge in [-0.25, -0.2) is 5.43 Å². The fourth-order valence-electron chi connectivity index (χ4n) is 3.35. The van der Waals surface area contributed by atoms with Gasteiger partial charge in [0.05, 0.1) is 6.21 Å². The van der Waals surface area contributed by atoms with Gasteiger partial charge in [-0.05, 0) is 59.7 Å². The normalized spacial score (nSPS) is 13.4. The van der Waals surface area contributed by atoms with Crippen LogP contribution in [0.2, 0.25) is 0 Å². The van der Waals surface area contributed by atoms with Gasteiger partial charge in [0, 0.05) is 19.6 Å². The number of hydrazone groups is 1. The van der Waals surface area contributed by atoms with E-state index in [4.69, 9.17) is 4.74 Å². The summed E-state index contributed by atoms with van der Waals surface area (Å²) in [6, 6.07) is 14.8. The average Bonchev–Trinajstić information content (AvgIpc) is 3.37. The molecule has 3 rings (SSSR count). The number of hydrogen-bond acceptors (Lipinski definition) is 5. The summed E-state index contributed by atoms with van der Waals surface area (Å²) < 4.78 is 5.53. The van der Waals surface area contributed by atoms with E-state index in [0.29, 0.717) is 17.2 Å². The van der Waals surface area contributed by atoms with Gasteiger partial charge in [0.25, 0.3) is 5.91 Å². The van der Waals surface area contributed by atoms with Crippen molar-refractivity contribution in [2.75, 3.05) is 19.7 Å². The number of carbonyl (C=O) groups is 3. The first-order chi connectivity index (χ1) is 15.9. The van der Waals surface area contributed by atoms with Crippen LogP contribution in [0, 0.1) is 0 Å². The highest BCUT2D eigenvalue weighted by Gasteiger charge is 2.18. The maximum Gasteiger partial charge on any atom is 0.329 e. The maximum absolute atomic E-state index is 12.0. The van der Waals surface area contributed by atoms with Gasteiger partial charge in [0.15, 0.2) is 6.61 Å². The second kappa shape index (κ2) is 11.8. The molecule has 8 nitrogen and oxygen atoms in total. The van der Waals surface area contributed by atoms with E-state index in [1.54, 1.807) is 24.3 Å². The first kappa shape index (κ1) is 24.0. The Bertz CT molecular complexity index is 978. The number of carbonyl (C=O) groups excluding carboxylic acids is 3. The second-order valence-corrected chi connectivity index (χ2v) is 8.22. The molecule has 1 aliphatic rings. The lowest BCUT2D eigenvalue weighted by molar-refractivity contribution is -0.139. The summed E-state index contributed by atoms with van der Waals surface area (Å²) in [4.78, 5) is 37.7. The average molecular weight is 451 g/mol. The summed E-state index contributed by atoms with van der Waals surface area (Å²) in [6.07, 6.45) is 3.52. The predicted octanol–water partition coefficient (Wildman–Crippen LogP) is 2.58. The number of ether oxygens (including phenoxy) is 1. The van der Waals surface area contributed by atoms with Gasteiger partial charge in [-0.3, -0.25) is 14.4 Å². The summed E-state index contributed by atoms with van der Waals surface area (Å²) in [5, 5.41) is 6.39. The van der Waals surface area contributed by atoms with Crippen LogP contribution in [0.1, 0.15) is 49.3 Å². The molecule has 0 unspecified atom stereocenters. The van der Waals surface area contributed by atoms with Crippen LogP contribution in [0.3, 0.4) is 0 Å². The van der Waals surface area contributed by atoms with Crippen molar-refractivity contribution >= 4 is 23.9 Å². The molecular formula is C25H30N4O4. The molecule has 0 spiro atoms. The van der Waals surface area contributed by atoms with Crippen molar-refractivity contribution in [3.63, 3.8) is 0 Å². The van der Waals surface area contributed by atoms with Crippen LogP contribution in [-0.4, -0.2) is 48.5 Å². The quantitative estimate of drug-likeness (QED) is 0.367. The zero-order valence-corrected chi connectivity index (χ0v) is 19.0. The van der Waals surface area contributed by atoms with Crippen molar-refractivity contribution in [1.29, 1.82) is 0 Å². The highest BCUT2D eigenvalue weighted by atomic mass is 16.5. The Labute approximate surface area is 194 Å². The molecule has 0 radical (unpaired) electrons. The summed E-state index contributed by atoms with van der Waals surface area (Å²) in [7, 11) is 0. The van der Waals surface area contributed by atoms with Crippen LogP contribution in [0.25, 0.3) is 0 Å². The van der Waals surface area contributed by atoms with Gasteiger partial charge in [0.2, 0.25) is 0 Å². The molecule has 0 aromatic heterocycles. The molecule has 1 saturated heterocycles. The number of benzene rings is 2. The molecule has 2 aromatic carbocycles. The molecule has 0 aliphatic carbocycles. The molecule has 33 heavy (non-hydrogen) atoms. The van der Waals surface area contributed by atoms with E-state index >= 15 is 0 Å². The zero-order chi connectivity index (χ0) is 23.6. The Morgan fingerprint density at radius 2 is 1.67 bits per heavy atom. The number of amides is 3. The van der Waals surface area contributed by atoms with Gasteiger partial charge >= 0.3 is 11.8 Å². The lowest BCUT2D eigenvalue weighted by Gasteiger charge is -2.15. The highest BCUT2D eigenvalue weighted by Crippen LogP contribution is 2.15. The number of rotatable bonds is 8. The van der Waals surface area contributed by atoms with E-state index in [0.717, 1.165) is 31.5 Å². The van der Waals surface area contributed by atoms with Crippen molar-refractivity contribution in [2.45, 2.75) is 39.2 Å². The first-order valence-corrected chi connectivity index (χ1v) is 11.1. The largest absolute Gasteiger partial charge is 0.484 e. The predicted molar refractivity (Wildman–Crippen MR) is 126 cm³/mol. The lowest BCUT2D eigenvalue weighted by atomic mass is 10.0. The van der Waals surface area contributed by atoms with Crippen molar-refractivity contribution < 1.29 is 19.1 Å². The number of likely N-dealkylation sites (tertiary alicyclic amines) is 1. The molecule has 2 aromatic rings. The van der Waals surface area contributed by atoms with Crippen LogP contribution in [0.15, 0.2) is 53.6 Å². The highest BCUT2D eigenvalue weighted by molar-refractivity contribution is 6.35. The van der Waals surface area contributed by atoms with E-state index in [1.807, 2.05) is 29.2 Å². The van der Waals surface area contributed by atoms with E-state index < -0.39 is 11.8 Å². The fourth-order valence-corrected chi connectivity index (χ4v) is 3.35. The van der Waals surface area contributed by atoms with Gasteiger partial charge in [-0.15, -0.1) is 0 Å². The van der Waals surface area contributed by atoms with Crippen LogP contribution >= 0.6 is 0 Å². The van der Waals surface area contributed by atoms with E-state index in [2.05, 4.69) is 29.7 Å². The second-order valence-electron chi connectivity index (χ2n) is 8.22. The monoisotopic (exact) mass is 450 g/mol. The topological polar surface area (TPSA) is 100 Å². The van der Waals surface area contributed by atoms with E-state index in [9.17, 15) is 14.4 Å². The molecule has 0 atom stereocenters. The first-order valence-electron chi connectivity index (χ1n) is 11.1. The van der Waals surface area contributed by atoms with Crippen LogP contribution in [-0.2, 0) is 20.9 Å². The zero-order valence-electron chi connectivity index (χ0n) is 19.0. The Balaban J connectivity index is 1.38. The molecule has 3 amide bonds. The SMILES string of the molecule is CC(C)c1ccc(CNC(=O)C(=O)N/N=C\c2ccc(OCC(=O)N3CCCC3)cc2)cc1. The van der Waals surface area contributed by atoms with Crippen LogP contribution in [0.4, 0.5) is 0 Å². The fraction of sp³-hybridized carbons (Fsp3) is 0.360. The minimum atomic E-state index is -0.842. The molecule has 1 fully saturated rings. The third-order valence-corrected chi connectivity index (χ3v) is 5.39. The molecule has 1 aliphatic heterocycles. The number of nitrogens with zero attached hydrogens (tertiary/aromatic N) is 2. The Morgan fingerprint density at radius 1 is 1.00 bits per heavy atom. The van der Waals surface area contributed by atoms with Gasteiger partial charge in [-0.1, -0.05) is 38.1 Å². The van der Waals surface area contributed by atoms with Crippen molar-refractivity contribution in [3.05, 3.63) is 65.2 Å². The summed E-state index contributed by atoms with van der Waals surface area (Å²) in [5.41, 5.74) is 5.05. The van der Waals surface area contributed by atoms with Gasteiger partial charge in [-0.2, -0.15) is 5.10 Å². The van der Waals surface area contributed by atoms with Crippen LogP contribution < -0.4 is 15.5 Å². The summed E-state index contributed by atoms with van der Waals surface area (Å²) in [6.45, 7) is 6.10. The van der Waals surface area contributed by atoms with Crippen molar-refractivity contribution in [3.8, 4) is 5.75 Å². The Hall–Kier alpha value is -3.68. The lowest BCUT2D eigenvalue weighted by Crippen LogP contribution is -2.37. The molecule has 174 valence electrons. The standard InChI is InChI=1S/C25H30N4O4/c1-18(2)21-9-5-19(6-10-21)15-26-24(31)25(32)28-27-16-20-7-11-22(12-8-20)33-17-23(30)29-13-3-4-14-29/h5-12,16,18H,3-4,13-15,17H2,1-2H3,(H,26,31)(H,28,32)/b27-16-. The van der Waals surface area contributed by atoms with Crippen molar-refractivity contribution in [2.24, 2.45) is 5.10 Å². The molecule has 0 saturated carbocycles. The summed E-state index contributed by atoms with van der Waals surface area (Å²) >= 11 is 0. The minimum Gasteiger partial charge on any atom is -0.484 e. The maximum atomic E-state index is 12.0. The number of nitrogens with one attached hydrogen (secondary N) is 2. The van der Waals surface area contributed by atoms with E-state index in [1.165, 1.54) is 11.8 Å². The van der Waals surface area contributed by atoms with Gasteiger partial charge < -0.3 is 15.0 Å². The molecule has 0 bridgehead atoms. The third-order valence-electron chi connectivity index (χ3n) is 5.39. The summed E-state index contributed by atoms with van der Waals surface area (Å²) in [5.74, 6) is -0.599. The molecule has 2 N–H and O–H groups in total. The molecule has 8 heteroatoms. The third kappa shape index (κ3) is 7.45. The Morgan fingerprint density at radius 3 is 2.30 bits per heavy atom. The van der Waals surface area contributed by atoms with E-state index in [-0.39, 0.29) is 19.1 Å². The molecule has 1 heterocycles. The Kier molecular flexibility index (Phi) is 8.57. The van der Waals surface area contributed by atoms with Crippen LogP contribution in [0.5, 0.6) is 5.75 Å². The number of hydrogen-bond donors (Lipinski definition) is 2. The van der Waals surface area contributed by atoms with Crippen molar-refractivity contribution in [1.82, 2.24) is 15.6 Å². The minimum absolute atomic E-state index is 0.00768.